The van der Waals surface area contributed by atoms with Crippen LogP contribution in [0, 0.1) is 13.8 Å². The van der Waals surface area contributed by atoms with Crippen LogP contribution in [0.3, 0.4) is 0 Å². The van der Waals surface area contributed by atoms with E-state index in [0.717, 1.165) is 5.56 Å². The number of hydrogen-bond donors (Lipinski definition) is 1. The van der Waals surface area contributed by atoms with Crippen molar-refractivity contribution in [3.63, 3.8) is 0 Å². The predicted molar refractivity (Wildman–Crippen MR) is 55.1 cm³/mol. The molecule has 0 aliphatic rings. The number of aryl methyl sites for hydroxylation is 2. The maximum absolute atomic E-state index is 11.0. The number of rotatable bonds is 2. The van der Waals surface area contributed by atoms with Gasteiger partial charge in [0.1, 0.15) is 10.0 Å². The van der Waals surface area contributed by atoms with Crippen LogP contribution in [0.1, 0.15) is 21.5 Å². The third-order valence-electron chi connectivity index (χ3n) is 1.93. The molecular weight excluding hydrogens is 224 g/mol. The van der Waals surface area contributed by atoms with Gasteiger partial charge in [0.25, 0.3) is 0 Å². The van der Waals surface area contributed by atoms with Crippen LogP contribution in [0.4, 0.5) is 0 Å². The minimum absolute atomic E-state index is 0.139. The number of carboxylic acid groups (broad SMARTS) is 1. The Morgan fingerprint density at radius 1 is 1.36 bits per heavy atom. The van der Waals surface area contributed by atoms with Crippen LogP contribution in [0.25, 0.3) is 0 Å². The van der Waals surface area contributed by atoms with Crippen LogP contribution in [0.15, 0.2) is 17.0 Å². The number of carbonyl (C=O) groups is 1. The Balaban J connectivity index is 3.42. The normalized spacial score (nSPS) is 12.5. The van der Waals surface area contributed by atoms with Gasteiger partial charge in [-0.15, -0.1) is 0 Å². The zero-order valence-electron chi connectivity index (χ0n) is 7.70. The fourth-order valence-corrected chi connectivity index (χ4v) is 2.26. The van der Waals surface area contributed by atoms with Crippen molar-refractivity contribution in [2.75, 3.05) is 0 Å². The first-order valence-electron chi connectivity index (χ1n) is 3.86. The highest BCUT2D eigenvalue weighted by Gasteiger charge is 2.12. The number of hydrogen-bond acceptors (Lipinski definition) is 2. The highest BCUT2D eigenvalue weighted by atomic mass is 35.7. The number of benzene rings is 1. The van der Waals surface area contributed by atoms with E-state index < -0.39 is 16.0 Å². The van der Waals surface area contributed by atoms with E-state index in [-0.39, 0.29) is 5.56 Å². The molecule has 1 rings (SSSR count). The summed E-state index contributed by atoms with van der Waals surface area (Å²) >= 11 is 0. The number of halogens is 1. The van der Waals surface area contributed by atoms with Gasteiger partial charge in [-0.2, -0.15) is 0 Å². The number of aromatic carboxylic acids is 1. The smallest absolute Gasteiger partial charge is 0.335 e. The average molecular weight is 233 g/mol. The molecule has 0 bridgehead atoms. The summed E-state index contributed by atoms with van der Waals surface area (Å²) in [6.07, 6.45) is 0. The van der Waals surface area contributed by atoms with E-state index in [9.17, 15) is 9.00 Å². The molecule has 0 saturated heterocycles. The second-order valence-electron chi connectivity index (χ2n) is 2.96. The molecule has 0 fully saturated rings. The summed E-state index contributed by atoms with van der Waals surface area (Å²) in [4.78, 5) is 11.1. The Labute approximate surface area is 88.7 Å². The summed E-state index contributed by atoms with van der Waals surface area (Å²) in [7, 11) is 3.75. The van der Waals surface area contributed by atoms with Gasteiger partial charge in [0.2, 0.25) is 0 Å². The second kappa shape index (κ2) is 4.11. The maximum atomic E-state index is 11.0. The first-order valence-corrected chi connectivity index (χ1v) is 5.83. The summed E-state index contributed by atoms with van der Waals surface area (Å²) in [5.41, 5.74) is 1.52. The predicted octanol–water partition coefficient (Wildman–Crippen LogP) is 2.26. The van der Waals surface area contributed by atoms with Gasteiger partial charge >= 0.3 is 5.97 Å². The van der Waals surface area contributed by atoms with E-state index in [1.807, 2.05) is 0 Å². The Morgan fingerprint density at radius 3 is 2.36 bits per heavy atom. The minimum Gasteiger partial charge on any atom is -0.478 e. The molecule has 0 saturated carbocycles. The highest BCUT2D eigenvalue weighted by Crippen LogP contribution is 2.20. The molecule has 0 aliphatic carbocycles. The topological polar surface area (TPSA) is 54.4 Å². The van der Waals surface area contributed by atoms with E-state index in [0.29, 0.717) is 10.5 Å². The molecule has 14 heavy (non-hydrogen) atoms. The average Bonchev–Trinajstić information content (AvgIpc) is 2.02. The van der Waals surface area contributed by atoms with Crippen LogP contribution in [0.2, 0.25) is 0 Å². The third kappa shape index (κ3) is 2.13. The lowest BCUT2D eigenvalue weighted by Crippen LogP contribution is -2.02. The first kappa shape index (κ1) is 11.2. The Hall–Kier alpha value is -0.870. The van der Waals surface area contributed by atoms with Crippen molar-refractivity contribution in [1.82, 2.24) is 0 Å². The van der Waals surface area contributed by atoms with Crippen LogP contribution in [-0.4, -0.2) is 15.3 Å². The van der Waals surface area contributed by atoms with Crippen LogP contribution < -0.4 is 0 Å². The van der Waals surface area contributed by atoms with Crippen molar-refractivity contribution in [2.24, 2.45) is 0 Å². The van der Waals surface area contributed by atoms with Crippen LogP contribution >= 0.6 is 10.7 Å². The summed E-state index contributed by atoms with van der Waals surface area (Å²) in [6.45, 7) is 3.44. The van der Waals surface area contributed by atoms with Gasteiger partial charge in [-0.25, -0.2) is 9.00 Å². The van der Waals surface area contributed by atoms with E-state index in [4.69, 9.17) is 15.8 Å². The van der Waals surface area contributed by atoms with E-state index in [2.05, 4.69) is 0 Å². The molecule has 76 valence electrons. The molecule has 1 aromatic carbocycles. The third-order valence-corrected chi connectivity index (χ3v) is 3.21. The van der Waals surface area contributed by atoms with E-state index >= 15 is 0 Å². The highest BCUT2D eigenvalue weighted by molar-refractivity contribution is 8.08. The van der Waals surface area contributed by atoms with Crippen molar-refractivity contribution in [3.8, 4) is 0 Å². The zero-order chi connectivity index (χ0) is 10.9. The van der Waals surface area contributed by atoms with Crippen LogP contribution in [-0.2, 0) is 10.0 Å². The molecule has 1 N–H and O–H groups in total. The first-order chi connectivity index (χ1) is 6.43. The molecule has 0 spiro atoms. The SMILES string of the molecule is Cc1cc(C)c(S(=O)Cl)cc1C(=O)O. The number of carboxylic acids is 1. The molecule has 0 heterocycles. The Bertz CT molecular complexity index is 380. The molecule has 1 atom stereocenters. The van der Waals surface area contributed by atoms with Gasteiger partial charge in [0.15, 0.2) is 0 Å². The quantitative estimate of drug-likeness (QED) is 0.796. The van der Waals surface area contributed by atoms with Crippen molar-refractivity contribution in [3.05, 3.63) is 28.8 Å². The molecule has 0 aromatic heterocycles. The Kier molecular flexibility index (Phi) is 3.29. The lowest BCUT2D eigenvalue weighted by atomic mass is 10.1. The van der Waals surface area contributed by atoms with E-state index in [1.165, 1.54) is 6.07 Å². The van der Waals surface area contributed by atoms with Crippen molar-refractivity contribution in [1.29, 1.82) is 0 Å². The Morgan fingerprint density at radius 2 is 1.93 bits per heavy atom. The molecule has 1 aromatic rings. The fourth-order valence-electron chi connectivity index (χ4n) is 1.24. The van der Waals surface area contributed by atoms with Gasteiger partial charge in [-0.1, -0.05) is 6.07 Å². The molecule has 0 amide bonds. The summed E-state index contributed by atoms with van der Waals surface area (Å²) in [6, 6.07) is 3.02. The molecular formula is C9H9ClO3S. The summed E-state index contributed by atoms with van der Waals surface area (Å²) < 4.78 is 11.0. The lowest BCUT2D eigenvalue weighted by molar-refractivity contribution is 0.0696. The minimum atomic E-state index is -1.67. The standard InChI is InChI=1S/C9H9ClO3S/c1-5-3-6(2)8(14(10)13)4-7(5)9(11)12/h3-4H,1-2H3,(H,11,12). The van der Waals surface area contributed by atoms with Gasteiger partial charge in [-0.05, 0) is 41.7 Å². The van der Waals surface area contributed by atoms with Gasteiger partial charge in [0, 0.05) is 0 Å². The molecule has 0 radical (unpaired) electrons. The lowest BCUT2D eigenvalue weighted by Gasteiger charge is -2.05. The van der Waals surface area contributed by atoms with Crippen LogP contribution in [0.5, 0.6) is 0 Å². The van der Waals surface area contributed by atoms with Gasteiger partial charge in [0.05, 0.1) is 10.5 Å². The largest absolute Gasteiger partial charge is 0.478 e. The summed E-state index contributed by atoms with van der Waals surface area (Å²) in [5.74, 6) is -1.04. The van der Waals surface area contributed by atoms with E-state index in [1.54, 1.807) is 19.9 Å². The summed E-state index contributed by atoms with van der Waals surface area (Å²) in [5, 5.41) is 8.82. The van der Waals surface area contributed by atoms with Crippen molar-refractivity contribution < 1.29 is 14.1 Å². The zero-order valence-corrected chi connectivity index (χ0v) is 9.28. The fraction of sp³-hybridized carbons (Fsp3) is 0.222. The maximum Gasteiger partial charge on any atom is 0.335 e. The molecule has 3 nitrogen and oxygen atoms in total. The second-order valence-corrected chi connectivity index (χ2v) is 4.69. The van der Waals surface area contributed by atoms with Gasteiger partial charge in [-0.3, -0.25) is 0 Å². The molecule has 5 heteroatoms. The molecule has 0 aliphatic heterocycles. The monoisotopic (exact) mass is 232 g/mol. The van der Waals surface area contributed by atoms with Gasteiger partial charge < -0.3 is 5.11 Å². The van der Waals surface area contributed by atoms with Crippen molar-refractivity contribution >= 4 is 26.7 Å². The van der Waals surface area contributed by atoms with Crippen molar-refractivity contribution in [2.45, 2.75) is 18.7 Å². The molecule has 1 unspecified atom stereocenters.